The molecule has 3 aromatic rings. The third kappa shape index (κ3) is 3.21. The van der Waals surface area contributed by atoms with Crippen LogP contribution < -0.4 is 9.47 Å². The van der Waals surface area contributed by atoms with Crippen molar-refractivity contribution in [3.63, 3.8) is 0 Å². The number of benzene rings is 1. The molecule has 0 aliphatic carbocycles. The van der Waals surface area contributed by atoms with Gasteiger partial charge in [0.25, 0.3) is 0 Å². The lowest BCUT2D eigenvalue weighted by Gasteiger charge is -2.30. The number of Topliss-reactive ketones (excluding diaryl/α,β-unsaturated/α-hetero) is 1. The molecule has 2 aromatic heterocycles. The molecule has 4 heterocycles. The van der Waals surface area contributed by atoms with Gasteiger partial charge in [-0.1, -0.05) is 6.07 Å². The topological polar surface area (TPSA) is 64.8 Å². The summed E-state index contributed by atoms with van der Waals surface area (Å²) in [5.41, 5.74) is 3.38. The maximum Gasteiger partial charge on any atom is 0.232 e. The Hall–Kier alpha value is -3.38. The molecule has 6 heteroatoms. The summed E-state index contributed by atoms with van der Waals surface area (Å²) in [7, 11) is 0. The summed E-state index contributed by atoms with van der Waals surface area (Å²) in [5, 5.41) is 0. The smallest absolute Gasteiger partial charge is 0.232 e. The predicted octanol–water partition coefficient (Wildman–Crippen LogP) is 4.26. The number of fused-ring (bicyclic) bond motifs is 2. The van der Waals surface area contributed by atoms with Crippen LogP contribution in [-0.2, 0) is 13.1 Å². The summed E-state index contributed by atoms with van der Waals surface area (Å²) in [6.07, 6.45) is 3.43. The number of pyridine rings is 1. The van der Waals surface area contributed by atoms with Crippen molar-refractivity contribution in [2.24, 2.45) is 0 Å². The number of aromatic nitrogens is 1. The van der Waals surface area contributed by atoms with Crippen LogP contribution in [0.15, 0.2) is 52.8 Å². The lowest BCUT2D eigenvalue weighted by atomic mass is 10.00. The van der Waals surface area contributed by atoms with Gasteiger partial charge >= 0.3 is 0 Å². The fourth-order valence-electron chi connectivity index (χ4n) is 3.78. The first-order valence-corrected chi connectivity index (χ1v) is 9.51. The van der Waals surface area contributed by atoms with Crippen LogP contribution in [0.4, 0.5) is 0 Å². The van der Waals surface area contributed by atoms with Gasteiger partial charge in [-0.2, -0.15) is 0 Å². The molecular weight excluding hydrogens is 368 g/mol. The Bertz CT molecular complexity index is 1130. The maximum atomic E-state index is 12.9. The molecule has 0 saturated heterocycles. The standard InChI is InChI=1S/C23H20N2O4/c1-14-6-7-18(28-14)10-20-21(26)19-9-16-11-25(12-17-5-3-4-8-24-17)13-27-22(16)15(2)23(19)29-20/h3-10H,11-13H2,1-2H3/b20-10-. The molecule has 5 rings (SSSR count). The molecule has 0 bridgehead atoms. The van der Waals surface area contributed by atoms with Crippen LogP contribution in [0.25, 0.3) is 6.08 Å². The number of allylic oxidation sites excluding steroid dienone is 1. The molecule has 0 fully saturated rings. The highest BCUT2D eigenvalue weighted by molar-refractivity contribution is 6.15. The third-order valence-corrected chi connectivity index (χ3v) is 5.15. The lowest BCUT2D eigenvalue weighted by molar-refractivity contribution is 0.0865. The van der Waals surface area contributed by atoms with E-state index in [1.165, 1.54) is 0 Å². The molecule has 0 atom stereocenters. The Labute approximate surface area is 168 Å². The van der Waals surface area contributed by atoms with Crippen molar-refractivity contribution in [1.82, 2.24) is 9.88 Å². The summed E-state index contributed by atoms with van der Waals surface area (Å²) in [4.78, 5) is 19.5. The van der Waals surface area contributed by atoms with Crippen LogP contribution in [0.5, 0.6) is 11.5 Å². The van der Waals surface area contributed by atoms with Crippen molar-refractivity contribution in [2.45, 2.75) is 26.9 Å². The van der Waals surface area contributed by atoms with Crippen LogP contribution in [-0.4, -0.2) is 22.4 Å². The van der Waals surface area contributed by atoms with Crippen LogP contribution in [0, 0.1) is 13.8 Å². The second-order valence-corrected chi connectivity index (χ2v) is 7.34. The van der Waals surface area contributed by atoms with E-state index >= 15 is 0 Å². The van der Waals surface area contributed by atoms with Gasteiger partial charge in [-0.05, 0) is 44.2 Å². The number of aryl methyl sites for hydroxylation is 1. The number of ketones is 1. The molecular formula is C23H20N2O4. The monoisotopic (exact) mass is 388 g/mol. The van der Waals surface area contributed by atoms with E-state index in [1.54, 1.807) is 12.3 Å². The number of nitrogens with zero attached hydrogens (tertiary/aromatic N) is 2. The van der Waals surface area contributed by atoms with Crippen molar-refractivity contribution in [3.05, 3.63) is 82.3 Å². The molecule has 0 spiro atoms. The third-order valence-electron chi connectivity index (χ3n) is 5.15. The number of ether oxygens (including phenoxy) is 2. The quantitative estimate of drug-likeness (QED) is 0.625. The zero-order valence-electron chi connectivity index (χ0n) is 16.3. The van der Waals surface area contributed by atoms with Crippen LogP contribution >= 0.6 is 0 Å². The minimum absolute atomic E-state index is 0.137. The Kier molecular flexibility index (Phi) is 4.21. The molecule has 6 nitrogen and oxygen atoms in total. The van der Waals surface area contributed by atoms with Crippen molar-refractivity contribution >= 4 is 11.9 Å². The first kappa shape index (κ1) is 17.7. The van der Waals surface area contributed by atoms with Crippen LogP contribution in [0.1, 0.15) is 38.7 Å². The SMILES string of the molecule is Cc1ccc(/C=C2\Oc3c(cc4c(c3C)OCN(Cc3ccccn3)C4)C2=O)o1. The largest absolute Gasteiger partial charge is 0.477 e. The van der Waals surface area contributed by atoms with E-state index in [2.05, 4.69) is 9.88 Å². The fraction of sp³-hybridized carbons (Fsp3) is 0.217. The van der Waals surface area contributed by atoms with Gasteiger partial charge in [0, 0.05) is 36.5 Å². The lowest BCUT2D eigenvalue weighted by Crippen LogP contribution is -2.32. The Balaban J connectivity index is 1.43. The number of rotatable bonds is 3. The zero-order chi connectivity index (χ0) is 20.0. The van der Waals surface area contributed by atoms with E-state index in [-0.39, 0.29) is 11.5 Å². The molecule has 0 saturated carbocycles. The van der Waals surface area contributed by atoms with Crippen molar-refractivity contribution in [1.29, 1.82) is 0 Å². The van der Waals surface area contributed by atoms with E-state index in [9.17, 15) is 4.79 Å². The summed E-state index contributed by atoms with van der Waals surface area (Å²) in [5.74, 6) is 2.88. The van der Waals surface area contributed by atoms with Crippen LogP contribution in [0.2, 0.25) is 0 Å². The van der Waals surface area contributed by atoms with Gasteiger partial charge in [0.2, 0.25) is 5.78 Å². The summed E-state index contributed by atoms with van der Waals surface area (Å²) < 4.78 is 17.5. The number of carbonyl (C=O) groups is 1. The van der Waals surface area contributed by atoms with Crippen LogP contribution in [0.3, 0.4) is 0 Å². The van der Waals surface area contributed by atoms with E-state index in [0.29, 0.717) is 36.9 Å². The second kappa shape index (κ2) is 6.90. The molecule has 29 heavy (non-hydrogen) atoms. The summed E-state index contributed by atoms with van der Waals surface area (Å²) in [6.45, 7) is 5.62. The highest BCUT2D eigenvalue weighted by atomic mass is 16.5. The minimum Gasteiger partial charge on any atom is -0.477 e. The number of carbonyl (C=O) groups excluding carboxylic acids is 1. The highest BCUT2D eigenvalue weighted by Crippen LogP contribution is 2.43. The average molecular weight is 388 g/mol. The Morgan fingerprint density at radius 2 is 2.07 bits per heavy atom. The molecule has 0 unspecified atom stereocenters. The van der Waals surface area contributed by atoms with Gasteiger partial charge < -0.3 is 13.9 Å². The Morgan fingerprint density at radius 3 is 2.83 bits per heavy atom. The fourth-order valence-corrected chi connectivity index (χ4v) is 3.78. The normalized spacial score (nSPS) is 17.0. The summed E-state index contributed by atoms with van der Waals surface area (Å²) in [6, 6.07) is 11.4. The molecule has 0 N–H and O–H groups in total. The number of hydrogen-bond acceptors (Lipinski definition) is 6. The highest BCUT2D eigenvalue weighted by Gasteiger charge is 2.33. The molecule has 146 valence electrons. The van der Waals surface area contributed by atoms with Gasteiger partial charge in [-0.3, -0.25) is 14.7 Å². The first-order chi connectivity index (χ1) is 14.1. The molecule has 2 aliphatic heterocycles. The van der Waals surface area contributed by atoms with Crippen molar-refractivity contribution in [2.75, 3.05) is 6.73 Å². The van der Waals surface area contributed by atoms with E-state index < -0.39 is 0 Å². The van der Waals surface area contributed by atoms with E-state index in [1.807, 2.05) is 50.2 Å². The Morgan fingerprint density at radius 1 is 1.17 bits per heavy atom. The van der Waals surface area contributed by atoms with E-state index in [0.717, 1.165) is 28.3 Å². The molecule has 1 aromatic carbocycles. The van der Waals surface area contributed by atoms with Gasteiger partial charge in [0.1, 0.15) is 29.8 Å². The average Bonchev–Trinajstić information content (AvgIpc) is 3.27. The van der Waals surface area contributed by atoms with Crippen molar-refractivity contribution in [3.8, 4) is 11.5 Å². The zero-order valence-corrected chi connectivity index (χ0v) is 16.3. The summed E-state index contributed by atoms with van der Waals surface area (Å²) >= 11 is 0. The van der Waals surface area contributed by atoms with Gasteiger partial charge in [0.15, 0.2) is 5.76 Å². The molecule has 2 aliphatic rings. The minimum atomic E-state index is -0.137. The molecule has 0 radical (unpaired) electrons. The number of furan rings is 1. The second-order valence-electron chi connectivity index (χ2n) is 7.34. The van der Waals surface area contributed by atoms with Gasteiger partial charge in [-0.15, -0.1) is 0 Å². The number of hydrogen-bond donors (Lipinski definition) is 0. The van der Waals surface area contributed by atoms with Gasteiger partial charge in [-0.25, -0.2) is 0 Å². The maximum absolute atomic E-state index is 12.9. The molecule has 0 amide bonds. The van der Waals surface area contributed by atoms with Gasteiger partial charge in [0.05, 0.1) is 11.3 Å². The van der Waals surface area contributed by atoms with Crippen molar-refractivity contribution < 1.29 is 18.7 Å². The first-order valence-electron chi connectivity index (χ1n) is 9.51. The predicted molar refractivity (Wildman–Crippen MR) is 107 cm³/mol. The van der Waals surface area contributed by atoms with E-state index in [4.69, 9.17) is 13.9 Å².